The van der Waals surface area contributed by atoms with E-state index < -0.39 is 0 Å². The molecule has 3 aliphatic rings. The van der Waals surface area contributed by atoms with Crippen LogP contribution >= 0.6 is 0 Å². The first kappa shape index (κ1) is 12.9. The summed E-state index contributed by atoms with van der Waals surface area (Å²) in [5.41, 5.74) is 6.37. The number of nitrogens with two attached hydrogens (primary N) is 1. The highest BCUT2D eigenvalue weighted by molar-refractivity contribution is 5.01. The maximum atomic E-state index is 6.08. The number of piperazine rings is 1. The molecule has 1 unspecified atom stereocenters. The van der Waals surface area contributed by atoms with Crippen LogP contribution in [0.4, 0.5) is 0 Å². The third-order valence-corrected chi connectivity index (χ3v) is 5.75. The van der Waals surface area contributed by atoms with E-state index >= 15 is 0 Å². The summed E-state index contributed by atoms with van der Waals surface area (Å²) in [6, 6.07) is 0.900. The Balaban J connectivity index is 1.55. The Labute approximate surface area is 112 Å². The first-order valence-electron chi connectivity index (χ1n) is 7.93. The zero-order valence-electron chi connectivity index (χ0n) is 11.9. The molecule has 2 aliphatic carbocycles. The van der Waals surface area contributed by atoms with Gasteiger partial charge in [-0.05, 0) is 38.5 Å². The Kier molecular flexibility index (Phi) is 3.65. The van der Waals surface area contributed by atoms with Crippen molar-refractivity contribution < 1.29 is 0 Å². The van der Waals surface area contributed by atoms with Gasteiger partial charge in [-0.25, -0.2) is 0 Å². The van der Waals surface area contributed by atoms with Crippen molar-refractivity contribution in [1.82, 2.24) is 9.80 Å². The first-order chi connectivity index (χ1) is 8.74. The summed E-state index contributed by atoms with van der Waals surface area (Å²) in [5.74, 6) is 0.875. The van der Waals surface area contributed by atoms with Gasteiger partial charge < -0.3 is 5.73 Å². The van der Waals surface area contributed by atoms with Crippen LogP contribution in [0.3, 0.4) is 0 Å². The fraction of sp³-hybridized carbons (Fsp3) is 1.00. The molecule has 3 fully saturated rings. The lowest BCUT2D eigenvalue weighted by atomic mass is 9.92. The van der Waals surface area contributed by atoms with Gasteiger partial charge in [-0.3, -0.25) is 9.80 Å². The highest BCUT2D eigenvalue weighted by Crippen LogP contribution is 2.43. The maximum absolute atomic E-state index is 6.08. The Bertz CT molecular complexity index is 275. The molecule has 0 aromatic heterocycles. The Morgan fingerprint density at radius 1 is 1.00 bits per heavy atom. The van der Waals surface area contributed by atoms with Crippen LogP contribution in [0, 0.1) is 5.92 Å². The monoisotopic (exact) mass is 251 g/mol. The maximum Gasteiger partial charge on any atom is 0.0332 e. The fourth-order valence-corrected chi connectivity index (χ4v) is 4.13. The van der Waals surface area contributed by atoms with Crippen molar-refractivity contribution in [2.24, 2.45) is 11.7 Å². The largest absolute Gasteiger partial charge is 0.329 e. The van der Waals surface area contributed by atoms with E-state index in [0.717, 1.165) is 18.5 Å². The van der Waals surface area contributed by atoms with Gasteiger partial charge in [0.05, 0.1) is 0 Å². The lowest BCUT2D eigenvalue weighted by Crippen LogP contribution is -2.60. The molecule has 0 bridgehead atoms. The molecule has 3 rings (SSSR count). The van der Waals surface area contributed by atoms with Crippen LogP contribution < -0.4 is 5.73 Å². The fourth-order valence-electron chi connectivity index (χ4n) is 4.13. The van der Waals surface area contributed by atoms with Crippen LogP contribution in [0.5, 0.6) is 0 Å². The predicted octanol–water partition coefficient (Wildman–Crippen LogP) is 1.67. The normalized spacial score (nSPS) is 31.7. The lowest BCUT2D eigenvalue weighted by molar-refractivity contribution is 0.0193. The summed E-state index contributed by atoms with van der Waals surface area (Å²) >= 11 is 0. The van der Waals surface area contributed by atoms with Crippen LogP contribution in [0.2, 0.25) is 0 Å². The quantitative estimate of drug-likeness (QED) is 0.825. The van der Waals surface area contributed by atoms with Gasteiger partial charge in [-0.2, -0.15) is 0 Å². The molecule has 104 valence electrons. The standard InChI is InChI=1S/C15H29N3/c1-15(12-16,13-6-7-13)18-10-8-17(9-11-18)14-4-2-3-5-14/h13-14H,2-12,16H2,1H3. The molecule has 1 atom stereocenters. The number of hydrogen-bond donors (Lipinski definition) is 1. The molecule has 1 heterocycles. The Hall–Kier alpha value is -0.120. The van der Waals surface area contributed by atoms with Gasteiger partial charge in [0.25, 0.3) is 0 Å². The van der Waals surface area contributed by atoms with E-state index in [-0.39, 0.29) is 0 Å². The van der Waals surface area contributed by atoms with E-state index in [9.17, 15) is 0 Å². The van der Waals surface area contributed by atoms with Crippen molar-refractivity contribution >= 4 is 0 Å². The van der Waals surface area contributed by atoms with E-state index in [0.29, 0.717) is 5.54 Å². The minimum Gasteiger partial charge on any atom is -0.329 e. The zero-order valence-corrected chi connectivity index (χ0v) is 11.9. The van der Waals surface area contributed by atoms with Crippen LogP contribution in [0.15, 0.2) is 0 Å². The van der Waals surface area contributed by atoms with Gasteiger partial charge in [-0.1, -0.05) is 12.8 Å². The Morgan fingerprint density at radius 2 is 1.61 bits per heavy atom. The Morgan fingerprint density at radius 3 is 2.11 bits per heavy atom. The van der Waals surface area contributed by atoms with Crippen molar-refractivity contribution in [1.29, 1.82) is 0 Å². The molecular formula is C15H29N3. The van der Waals surface area contributed by atoms with Gasteiger partial charge in [0.1, 0.15) is 0 Å². The molecule has 1 aliphatic heterocycles. The minimum absolute atomic E-state index is 0.293. The first-order valence-corrected chi connectivity index (χ1v) is 7.93. The number of rotatable bonds is 4. The summed E-state index contributed by atoms with van der Waals surface area (Å²) in [4.78, 5) is 5.43. The van der Waals surface area contributed by atoms with E-state index in [2.05, 4.69) is 16.7 Å². The average Bonchev–Trinajstić information content (AvgIpc) is 3.14. The summed E-state index contributed by atoms with van der Waals surface area (Å²) in [6.45, 7) is 8.25. The molecule has 0 radical (unpaired) electrons. The lowest BCUT2D eigenvalue weighted by Gasteiger charge is -2.47. The van der Waals surface area contributed by atoms with Crippen molar-refractivity contribution in [3.8, 4) is 0 Å². The van der Waals surface area contributed by atoms with Crippen LogP contribution in [0.1, 0.15) is 45.4 Å². The van der Waals surface area contributed by atoms with Gasteiger partial charge >= 0.3 is 0 Å². The molecule has 0 aromatic carbocycles. The van der Waals surface area contributed by atoms with E-state index in [4.69, 9.17) is 5.73 Å². The highest BCUT2D eigenvalue weighted by Gasteiger charge is 2.45. The molecule has 2 N–H and O–H groups in total. The van der Waals surface area contributed by atoms with Crippen LogP contribution in [-0.2, 0) is 0 Å². The molecule has 3 heteroatoms. The molecule has 0 aromatic rings. The minimum atomic E-state index is 0.293. The summed E-state index contributed by atoms with van der Waals surface area (Å²) in [6.07, 6.45) is 8.58. The highest BCUT2D eigenvalue weighted by atomic mass is 15.3. The molecule has 0 spiro atoms. The van der Waals surface area contributed by atoms with Gasteiger partial charge in [0.15, 0.2) is 0 Å². The third kappa shape index (κ3) is 2.33. The van der Waals surface area contributed by atoms with Gasteiger partial charge in [0.2, 0.25) is 0 Å². The van der Waals surface area contributed by atoms with Crippen LogP contribution in [-0.4, -0.2) is 54.1 Å². The van der Waals surface area contributed by atoms with Crippen molar-refractivity contribution in [3.05, 3.63) is 0 Å². The zero-order chi connectivity index (χ0) is 12.6. The molecule has 1 saturated heterocycles. The summed E-state index contributed by atoms with van der Waals surface area (Å²) in [5, 5.41) is 0. The van der Waals surface area contributed by atoms with Crippen LogP contribution in [0.25, 0.3) is 0 Å². The van der Waals surface area contributed by atoms with Crippen molar-refractivity contribution in [3.63, 3.8) is 0 Å². The number of nitrogens with zero attached hydrogens (tertiary/aromatic N) is 2. The smallest absolute Gasteiger partial charge is 0.0332 e. The van der Waals surface area contributed by atoms with E-state index in [1.807, 2.05) is 0 Å². The summed E-state index contributed by atoms with van der Waals surface area (Å²) in [7, 11) is 0. The van der Waals surface area contributed by atoms with Gasteiger partial charge in [-0.15, -0.1) is 0 Å². The van der Waals surface area contributed by atoms with E-state index in [1.165, 1.54) is 64.7 Å². The van der Waals surface area contributed by atoms with Gasteiger partial charge in [0, 0.05) is 44.3 Å². The second-order valence-corrected chi connectivity index (χ2v) is 6.80. The van der Waals surface area contributed by atoms with E-state index in [1.54, 1.807) is 0 Å². The molecule has 3 nitrogen and oxygen atoms in total. The molecule has 18 heavy (non-hydrogen) atoms. The molecule has 2 saturated carbocycles. The van der Waals surface area contributed by atoms with Crippen molar-refractivity contribution in [2.45, 2.75) is 57.0 Å². The van der Waals surface area contributed by atoms with Crippen molar-refractivity contribution in [2.75, 3.05) is 32.7 Å². The average molecular weight is 251 g/mol. The molecular weight excluding hydrogens is 222 g/mol. The number of hydrogen-bond acceptors (Lipinski definition) is 3. The third-order valence-electron chi connectivity index (χ3n) is 5.75. The SMILES string of the molecule is CC(CN)(C1CC1)N1CCN(C2CCCC2)CC1. The summed E-state index contributed by atoms with van der Waals surface area (Å²) < 4.78 is 0. The second kappa shape index (κ2) is 5.10. The topological polar surface area (TPSA) is 32.5 Å². The predicted molar refractivity (Wildman–Crippen MR) is 75.6 cm³/mol. The molecule has 0 amide bonds. The second-order valence-electron chi connectivity index (χ2n) is 6.80.